The lowest BCUT2D eigenvalue weighted by atomic mass is 10.2. The van der Waals surface area contributed by atoms with Gasteiger partial charge in [-0.1, -0.05) is 13.3 Å². The van der Waals surface area contributed by atoms with Gasteiger partial charge in [-0.05, 0) is 52.8 Å². The quantitative estimate of drug-likeness (QED) is 0.397. The molecule has 0 unspecified atom stereocenters. The molecule has 0 saturated carbocycles. The van der Waals surface area contributed by atoms with Gasteiger partial charge in [-0.25, -0.2) is 10.2 Å². The van der Waals surface area contributed by atoms with E-state index in [1.54, 1.807) is 18.2 Å². The maximum absolute atomic E-state index is 12.0. The van der Waals surface area contributed by atoms with E-state index in [1.165, 1.54) is 7.11 Å². The number of nitrogens with one attached hydrogen (secondary N) is 3. The van der Waals surface area contributed by atoms with E-state index in [0.717, 1.165) is 12.8 Å². The molecule has 3 N–H and O–H groups in total. The Bertz CT molecular complexity index is 583. The summed E-state index contributed by atoms with van der Waals surface area (Å²) in [5.74, 6) is 0.248. The number of halogens is 1. The Balaban J connectivity index is 2.57. The zero-order valence-corrected chi connectivity index (χ0v) is 15.2. The Morgan fingerprint density at radius 3 is 2.65 bits per heavy atom. The Morgan fingerprint density at radius 2 is 2.04 bits per heavy atom. The number of ether oxygens (including phenoxy) is 2. The summed E-state index contributed by atoms with van der Waals surface area (Å²) in [6, 6.07) is 4.96. The Morgan fingerprint density at radius 1 is 1.30 bits per heavy atom. The summed E-state index contributed by atoms with van der Waals surface area (Å²) in [6.07, 6.45) is 1.28. The van der Waals surface area contributed by atoms with Crippen molar-refractivity contribution in [1.29, 1.82) is 0 Å². The number of hydrazine groups is 1. The van der Waals surface area contributed by atoms with E-state index in [0.29, 0.717) is 22.4 Å². The van der Waals surface area contributed by atoms with Crippen LogP contribution in [0.25, 0.3) is 0 Å². The zero-order valence-electron chi connectivity index (χ0n) is 12.8. The lowest BCUT2D eigenvalue weighted by Crippen LogP contribution is -2.48. The molecule has 0 aliphatic carbocycles. The van der Waals surface area contributed by atoms with Crippen molar-refractivity contribution in [2.75, 3.05) is 13.7 Å². The van der Waals surface area contributed by atoms with Crippen LogP contribution in [-0.2, 0) is 4.74 Å². The molecule has 0 heterocycles. The Kier molecular flexibility index (Phi) is 8.35. The van der Waals surface area contributed by atoms with Crippen LogP contribution >= 0.6 is 28.1 Å². The molecule has 0 aromatic heterocycles. The molecular weight excluding hydrogens is 386 g/mol. The molecule has 2 amide bonds. The minimum Gasteiger partial charge on any atom is -0.492 e. The topological polar surface area (TPSA) is 88.7 Å². The average Bonchev–Trinajstić information content (AvgIpc) is 2.54. The highest BCUT2D eigenvalue weighted by molar-refractivity contribution is 9.10. The van der Waals surface area contributed by atoms with Crippen LogP contribution in [-0.4, -0.2) is 30.8 Å². The van der Waals surface area contributed by atoms with Crippen molar-refractivity contribution >= 4 is 45.3 Å². The third-order valence-electron chi connectivity index (χ3n) is 2.64. The largest absolute Gasteiger partial charge is 0.492 e. The van der Waals surface area contributed by atoms with Gasteiger partial charge in [-0.15, -0.1) is 0 Å². The fourth-order valence-corrected chi connectivity index (χ4v) is 2.09. The lowest BCUT2D eigenvalue weighted by molar-refractivity contribution is 0.0975. The Hall–Kier alpha value is -1.87. The summed E-state index contributed by atoms with van der Waals surface area (Å²) >= 11 is 8.24. The van der Waals surface area contributed by atoms with Gasteiger partial charge in [0.25, 0.3) is 5.91 Å². The molecule has 0 fully saturated rings. The van der Waals surface area contributed by atoms with E-state index < -0.39 is 12.0 Å². The first-order valence-electron chi connectivity index (χ1n) is 6.85. The third-order valence-corrected chi connectivity index (χ3v) is 3.46. The van der Waals surface area contributed by atoms with Crippen molar-refractivity contribution in [1.82, 2.24) is 16.2 Å². The van der Waals surface area contributed by atoms with Crippen molar-refractivity contribution in [3.05, 3.63) is 28.2 Å². The number of carbonyl (C=O) groups is 2. The van der Waals surface area contributed by atoms with Gasteiger partial charge in [0.2, 0.25) is 0 Å². The summed E-state index contributed by atoms with van der Waals surface area (Å²) in [5, 5.41) is 2.37. The predicted molar refractivity (Wildman–Crippen MR) is 93.3 cm³/mol. The fourth-order valence-electron chi connectivity index (χ4n) is 1.45. The minimum atomic E-state index is -0.724. The summed E-state index contributed by atoms with van der Waals surface area (Å²) < 4.78 is 10.6. The van der Waals surface area contributed by atoms with E-state index in [9.17, 15) is 9.59 Å². The molecule has 0 saturated heterocycles. The fraction of sp³-hybridized carbons (Fsp3) is 0.357. The number of carbonyl (C=O) groups excluding carboxylic acids is 2. The summed E-state index contributed by atoms with van der Waals surface area (Å²) in [4.78, 5) is 22.9. The number of methoxy groups -OCH3 is 1. The van der Waals surface area contributed by atoms with Crippen LogP contribution in [0.5, 0.6) is 5.75 Å². The minimum absolute atomic E-state index is 0.0557. The van der Waals surface area contributed by atoms with Crippen LogP contribution in [0.15, 0.2) is 22.7 Å². The SMILES string of the molecule is CCCCOc1ccc(C(=O)NC(=S)NNC(=O)OC)cc1Br. The second-order valence-corrected chi connectivity index (χ2v) is 5.63. The van der Waals surface area contributed by atoms with Crippen molar-refractivity contribution in [3.8, 4) is 5.75 Å². The molecule has 126 valence electrons. The van der Waals surface area contributed by atoms with Gasteiger partial charge >= 0.3 is 6.09 Å². The number of thiocarbonyl (C=S) groups is 1. The highest BCUT2D eigenvalue weighted by Gasteiger charge is 2.11. The second-order valence-electron chi connectivity index (χ2n) is 4.37. The first-order valence-corrected chi connectivity index (χ1v) is 8.05. The molecule has 0 aliphatic heterocycles. The number of amides is 2. The summed E-state index contributed by atoms with van der Waals surface area (Å²) in [7, 11) is 1.21. The number of unbranched alkanes of at least 4 members (excludes halogenated alkanes) is 1. The summed E-state index contributed by atoms with van der Waals surface area (Å²) in [5.41, 5.74) is 4.87. The highest BCUT2D eigenvalue weighted by atomic mass is 79.9. The monoisotopic (exact) mass is 403 g/mol. The smallest absolute Gasteiger partial charge is 0.425 e. The predicted octanol–water partition coefficient (Wildman–Crippen LogP) is 2.50. The number of hydrogen-bond acceptors (Lipinski definition) is 5. The Labute approximate surface area is 148 Å². The van der Waals surface area contributed by atoms with Gasteiger partial charge in [-0.3, -0.25) is 15.5 Å². The molecule has 1 aromatic carbocycles. The van der Waals surface area contributed by atoms with Crippen LogP contribution in [0, 0.1) is 0 Å². The molecular formula is C14H18BrN3O4S. The van der Waals surface area contributed by atoms with E-state index in [1.807, 2.05) is 0 Å². The van der Waals surface area contributed by atoms with Crippen LogP contribution in [0.4, 0.5) is 4.79 Å². The van der Waals surface area contributed by atoms with Crippen molar-refractivity contribution < 1.29 is 19.1 Å². The van der Waals surface area contributed by atoms with E-state index in [2.05, 4.69) is 43.8 Å². The molecule has 0 aliphatic rings. The maximum atomic E-state index is 12.0. The molecule has 0 radical (unpaired) electrons. The second kappa shape index (κ2) is 10.0. The number of rotatable bonds is 5. The van der Waals surface area contributed by atoms with Gasteiger partial charge < -0.3 is 9.47 Å². The standard InChI is InChI=1S/C14H18BrN3O4S/c1-3-4-7-22-11-6-5-9(8-10(11)15)12(19)16-13(23)17-18-14(20)21-2/h5-6,8H,3-4,7H2,1-2H3,(H,18,20)(H2,16,17,19,23). The molecule has 7 nitrogen and oxygen atoms in total. The van der Waals surface area contributed by atoms with Gasteiger partial charge in [0.05, 0.1) is 18.2 Å². The molecule has 1 aromatic rings. The highest BCUT2D eigenvalue weighted by Crippen LogP contribution is 2.26. The van der Waals surface area contributed by atoms with Crippen LogP contribution in [0.3, 0.4) is 0 Å². The van der Waals surface area contributed by atoms with Gasteiger partial charge in [0, 0.05) is 5.56 Å². The third kappa shape index (κ3) is 6.83. The molecule has 0 spiro atoms. The molecule has 1 rings (SSSR count). The van der Waals surface area contributed by atoms with Gasteiger partial charge in [0.1, 0.15) is 5.75 Å². The molecule has 9 heteroatoms. The molecule has 0 atom stereocenters. The number of benzene rings is 1. The van der Waals surface area contributed by atoms with Gasteiger partial charge in [-0.2, -0.15) is 0 Å². The van der Waals surface area contributed by atoms with Crippen molar-refractivity contribution in [2.45, 2.75) is 19.8 Å². The summed E-state index contributed by atoms with van der Waals surface area (Å²) in [6.45, 7) is 2.70. The van der Waals surface area contributed by atoms with Crippen molar-refractivity contribution in [2.24, 2.45) is 0 Å². The van der Waals surface area contributed by atoms with E-state index in [-0.39, 0.29) is 5.11 Å². The van der Waals surface area contributed by atoms with E-state index in [4.69, 9.17) is 17.0 Å². The van der Waals surface area contributed by atoms with E-state index >= 15 is 0 Å². The first kappa shape index (κ1) is 19.2. The van der Waals surface area contributed by atoms with Crippen LogP contribution in [0.1, 0.15) is 30.1 Å². The maximum Gasteiger partial charge on any atom is 0.425 e. The van der Waals surface area contributed by atoms with Crippen LogP contribution in [0.2, 0.25) is 0 Å². The first-order chi connectivity index (χ1) is 11.0. The molecule has 23 heavy (non-hydrogen) atoms. The van der Waals surface area contributed by atoms with Crippen LogP contribution < -0.4 is 20.9 Å². The zero-order chi connectivity index (χ0) is 17.2. The molecule has 0 bridgehead atoms. The average molecular weight is 404 g/mol. The van der Waals surface area contributed by atoms with Crippen molar-refractivity contribution in [3.63, 3.8) is 0 Å². The normalized spacial score (nSPS) is 9.70. The number of hydrogen-bond donors (Lipinski definition) is 3. The van der Waals surface area contributed by atoms with Gasteiger partial charge in [0.15, 0.2) is 5.11 Å². The lowest BCUT2D eigenvalue weighted by Gasteiger charge is -2.11.